The van der Waals surface area contributed by atoms with E-state index in [0.717, 1.165) is 0 Å². The van der Waals surface area contributed by atoms with Gasteiger partial charge in [-0.2, -0.15) is 0 Å². The van der Waals surface area contributed by atoms with Crippen molar-refractivity contribution < 1.29 is 0 Å². The summed E-state index contributed by atoms with van der Waals surface area (Å²) in [6.45, 7) is 8.67. The Morgan fingerprint density at radius 2 is 0.483 bits per heavy atom. The fraction of sp³-hybridized carbons (Fsp3) is 0.143. The predicted molar refractivity (Wildman–Crippen MR) is 129 cm³/mol. The zero-order chi connectivity index (χ0) is 20.4. The van der Waals surface area contributed by atoms with Crippen LogP contribution in [0.1, 0.15) is 22.3 Å². The first-order valence-corrected chi connectivity index (χ1v) is 14.5. The van der Waals surface area contributed by atoms with Crippen LogP contribution in [0, 0.1) is 27.7 Å². The van der Waals surface area contributed by atoms with Gasteiger partial charge in [0.15, 0.2) is 0 Å². The molecule has 0 saturated carbocycles. The van der Waals surface area contributed by atoms with E-state index >= 15 is 0 Å². The van der Waals surface area contributed by atoms with Crippen molar-refractivity contribution in [2.24, 2.45) is 0 Å². The zero-order valence-electron chi connectivity index (χ0n) is 17.7. The standard InChI is InChI=1S/C28H28Ge/c1-21-5-13-25(14-6-21)29(26-15-7-22(2)8-16-26,27-17-9-23(3)10-18-27)28-19-11-24(4)12-20-28/h5-20H,1-4H3. The number of hydrogen-bond donors (Lipinski definition) is 0. The van der Waals surface area contributed by atoms with Crippen molar-refractivity contribution in [3.8, 4) is 0 Å². The average molecular weight is 437 g/mol. The summed E-state index contributed by atoms with van der Waals surface area (Å²) < 4.78 is 5.92. The molecule has 0 spiro atoms. The maximum atomic E-state index is 2.37. The summed E-state index contributed by atoms with van der Waals surface area (Å²) in [7, 11) is 0. The zero-order valence-corrected chi connectivity index (χ0v) is 19.8. The summed E-state index contributed by atoms with van der Waals surface area (Å²) in [5.41, 5.74) is 5.23. The van der Waals surface area contributed by atoms with Crippen molar-refractivity contribution in [2.75, 3.05) is 0 Å². The molecule has 1 heteroatoms. The van der Waals surface area contributed by atoms with Gasteiger partial charge in [0, 0.05) is 0 Å². The van der Waals surface area contributed by atoms with Gasteiger partial charge in [0.2, 0.25) is 0 Å². The fourth-order valence-electron chi connectivity index (χ4n) is 4.21. The summed E-state index contributed by atoms with van der Waals surface area (Å²) >= 11 is -3.10. The molecule has 4 aromatic carbocycles. The molecule has 0 saturated heterocycles. The van der Waals surface area contributed by atoms with E-state index in [4.69, 9.17) is 0 Å². The summed E-state index contributed by atoms with van der Waals surface area (Å²) in [6, 6.07) is 37.1. The first-order chi connectivity index (χ1) is 14.0. The van der Waals surface area contributed by atoms with E-state index in [1.54, 1.807) is 0 Å². The van der Waals surface area contributed by atoms with E-state index in [1.807, 2.05) is 0 Å². The van der Waals surface area contributed by atoms with Crippen LogP contribution >= 0.6 is 0 Å². The SMILES string of the molecule is Cc1cc[c]([Ge]([c]2ccc(C)cc2)([c]2ccc(C)cc2)[c]2ccc(C)cc2)cc1. The second-order valence-electron chi connectivity index (χ2n) is 8.21. The molecule has 0 radical (unpaired) electrons. The van der Waals surface area contributed by atoms with Crippen LogP contribution < -0.4 is 17.6 Å². The molecule has 0 bridgehead atoms. The van der Waals surface area contributed by atoms with Crippen LogP contribution in [0.2, 0.25) is 0 Å². The normalized spacial score (nSPS) is 11.4. The molecule has 4 rings (SSSR count). The monoisotopic (exact) mass is 438 g/mol. The van der Waals surface area contributed by atoms with E-state index in [-0.39, 0.29) is 0 Å². The molecule has 144 valence electrons. The van der Waals surface area contributed by atoms with Crippen molar-refractivity contribution >= 4 is 30.8 Å². The van der Waals surface area contributed by atoms with Crippen LogP contribution in [-0.4, -0.2) is 13.3 Å². The quantitative estimate of drug-likeness (QED) is 0.418. The molecule has 0 aliphatic heterocycles. The van der Waals surface area contributed by atoms with Crippen molar-refractivity contribution in [3.63, 3.8) is 0 Å². The molecular weight excluding hydrogens is 409 g/mol. The van der Waals surface area contributed by atoms with Crippen LogP contribution in [0.25, 0.3) is 0 Å². The molecule has 0 amide bonds. The van der Waals surface area contributed by atoms with E-state index in [1.165, 1.54) is 39.8 Å². The second kappa shape index (κ2) is 8.04. The molecule has 29 heavy (non-hydrogen) atoms. The molecule has 0 aliphatic carbocycles. The molecule has 0 N–H and O–H groups in total. The van der Waals surface area contributed by atoms with Crippen molar-refractivity contribution in [2.45, 2.75) is 27.7 Å². The van der Waals surface area contributed by atoms with Crippen LogP contribution in [0.4, 0.5) is 0 Å². The Morgan fingerprint density at radius 1 is 0.310 bits per heavy atom. The molecule has 0 heterocycles. The van der Waals surface area contributed by atoms with Gasteiger partial charge in [0.05, 0.1) is 0 Å². The van der Waals surface area contributed by atoms with Crippen LogP contribution in [-0.2, 0) is 0 Å². The van der Waals surface area contributed by atoms with Gasteiger partial charge in [-0.25, -0.2) is 0 Å². The molecule has 0 atom stereocenters. The van der Waals surface area contributed by atoms with Crippen molar-refractivity contribution in [3.05, 3.63) is 119 Å². The number of aryl methyl sites for hydroxylation is 4. The van der Waals surface area contributed by atoms with Gasteiger partial charge < -0.3 is 0 Å². The Labute approximate surface area is 177 Å². The third-order valence-corrected chi connectivity index (χ3v) is 16.0. The third-order valence-electron chi connectivity index (χ3n) is 5.94. The Hall–Kier alpha value is -2.58. The average Bonchev–Trinajstić information content (AvgIpc) is 2.73. The van der Waals surface area contributed by atoms with E-state index in [0.29, 0.717) is 0 Å². The van der Waals surface area contributed by atoms with E-state index in [2.05, 4.69) is 125 Å². The van der Waals surface area contributed by atoms with Gasteiger partial charge in [0.1, 0.15) is 0 Å². The molecule has 0 fully saturated rings. The van der Waals surface area contributed by atoms with Gasteiger partial charge in [-0.05, 0) is 0 Å². The summed E-state index contributed by atoms with van der Waals surface area (Å²) in [6.07, 6.45) is 0. The van der Waals surface area contributed by atoms with Crippen LogP contribution in [0.3, 0.4) is 0 Å². The first-order valence-electron chi connectivity index (χ1n) is 10.3. The number of hydrogen-bond acceptors (Lipinski definition) is 0. The van der Waals surface area contributed by atoms with Crippen molar-refractivity contribution in [1.29, 1.82) is 0 Å². The van der Waals surface area contributed by atoms with Crippen LogP contribution in [0.5, 0.6) is 0 Å². The Morgan fingerprint density at radius 3 is 0.655 bits per heavy atom. The van der Waals surface area contributed by atoms with Gasteiger partial charge in [0.25, 0.3) is 0 Å². The van der Waals surface area contributed by atoms with Gasteiger partial charge in [-0.3, -0.25) is 0 Å². The first kappa shape index (κ1) is 19.7. The molecule has 0 aromatic heterocycles. The third kappa shape index (κ3) is 3.70. The fourth-order valence-corrected chi connectivity index (χ4v) is 14.0. The maximum absolute atomic E-state index is 3.10. The molecular formula is C28H28Ge. The minimum absolute atomic E-state index is 1.31. The summed E-state index contributed by atoms with van der Waals surface area (Å²) in [5, 5.41) is 0. The Bertz CT molecular complexity index is 900. The van der Waals surface area contributed by atoms with Gasteiger partial charge in [-0.15, -0.1) is 0 Å². The van der Waals surface area contributed by atoms with Crippen LogP contribution in [0.15, 0.2) is 97.1 Å². The molecule has 0 unspecified atom stereocenters. The summed E-state index contributed by atoms with van der Waals surface area (Å²) in [4.78, 5) is 0. The van der Waals surface area contributed by atoms with E-state index < -0.39 is 13.3 Å². The topological polar surface area (TPSA) is 0 Å². The van der Waals surface area contributed by atoms with Crippen molar-refractivity contribution in [1.82, 2.24) is 0 Å². The second-order valence-corrected chi connectivity index (χ2v) is 16.2. The number of rotatable bonds is 4. The van der Waals surface area contributed by atoms with Gasteiger partial charge in [-0.1, -0.05) is 0 Å². The minimum atomic E-state index is -3.10. The summed E-state index contributed by atoms with van der Waals surface area (Å²) in [5.74, 6) is 0. The Kier molecular flexibility index (Phi) is 5.47. The predicted octanol–water partition coefficient (Wildman–Crippen LogP) is 4.30. The molecule has 0 nitrogen and oxygen atoms in total. The Balaban J connectivity index is 2.11. The van der Waals surface area contributed by atoms with E-state index in [9.17, 15) is 0 Å². The molecule has 4 aromatic rings. The molecule has 0 aliphatic rings. The van der Waals surface area contributed by atoms with Gasteiger partial charge >= 0.3 is 178 Å². The number of benzene rings is 4.